The van der Waals surface area contributed by atoms with E-state index in [2.05, 4.69) is 5.32 Å². The number of alkyl halides is 3. The molecule has 118 valence electrons. The molecule has 0 saturated carbocycles. The predicted molar refractivity (Wildman–Crippen MR) is 76.2 cm³/mol. The maximum Gasteiger partial charge on any atom is 0.401 e. The summed E-state index contributed by atoms with van der Waals surface area (Å²) in [5, 5.41) is 13.1. The van der Waals surface area contributed by atoms with Gasteiger partial charge in [0.25, 0.3) is 0 Å². The first-order valence-corrected chi connectivity index (χ1v) is 7.18. The van der Waals surface area contributed by atoms with Crippen molar-refractivity contribution in [1.82, 2.24) is 4.90 Å². The van der Waals surface area contributed by atoms with Crippen LogP contribution in [0.25, 0.3) is 0 Å². The highest BCUT2D eigenvalue weighted by Gasteiger charge is 2.32. The van der Waals surface area contributed by atoms with Gasteiger partial charge in [0.15, 0.2) is 0 Å². The van der Waals surface area contributed by atoms with Crippen LogP contribution in [-0.2, 0) is 0 Å². The zero-order valence-corrected chi connectivity index (χ0v) is 12.0. The number of piperidine rings is 1. The quantitative estimate of drug-likeness (QED) is 0.896. The summed E-state index contributed by atoms with van der Waals surface area (Å²) < 4.78 is 37.0. The monoisotopic (exact) mass is 302 g/mol. The largest absolute Gasteiger partial charge is 0.401 e. The Hall–Kier alpha value is -1.27. The van der Waals surface area contributed by atoms with E-state index in [1.165, 1.54) is 4.90 Å². The molecule has 1 fully saturated rings. The molecule has 1 heterocycles. The summed E-state index contributed by atoms with van der Waals surface area (Å²) in [5.41, 5.74) is 1.68. The molecule has 0 spiro atoms. The fraction of sp³-hybridized carbons (Fsp3) is 0.600. The minimum atomic E-state index is -4.13. The van der Waals surface area contributed by atoms with Crippen LogP contribution in [0.1, 0.15) is 31.4 Å². The first-order chi connectivity index (χ1) is 9.85. The van der Waals surface area contributed by atoms with Crippen LogP contribution in [0.5, 0.6) is 0 Å². The Morgan fingerprint density at radius 1 is 1.29 bits per heavy atom. The standard InChI is InChI=1S/C15H21F3N2O/c1-11(21)13-4-2-3-5-14(13)19-12-6-8-20(9-7-12)10-15(16,17)18/h2-5,11-12,19,21H,6-10H2,1H3. The molecule has 1 aliphatic heterocycles. The van der Waals surface area contributed by atoms with Crippen molar-refractivity contribution in [3.63, 3.8) is 0 Å². The van der Waals surface area contributed by atoms with Crippen LogP contribution in [0.3, 0.4) is 0 Å². The van der Waals surface area contributed by atoms with Crippen LogP contribution in [0.15, 0.2) is 24.3 Å². The number of aliphatic hydroxyl groups excluding tert-OH is 1. The van der Waals surface area contributed by atoms with E-state index in [4.69, 9.17) is 0 Å². The second-order valence-electron chi connectivity index (χ2n) is 5.57. The Morgan fingerprint density at radius 2 is 1.90 bits per heavy atom. The molecule has 1 aromatic carbocycles. The molecule has 1 aromatic rings. The lowest BCUT2D eigenvalue weighted by Gasteiger charge is -2.33. The molecule has 0 radical (unpaired) electrons. The number of hydrogen-bond donors (Lipinski definition) is 2. The zero-order chi connectivity index (χ0) is 15.5. The highest BCUT2D eigenvalue weighted by atomic mass is 19.4. The Kier molecular flexibility index (Phi) is 5.11. The van der Waals surface area contributed by atoms with Gasteiger partial charge < -0.3 is 10.4 Å². The molecule has 6 heteroatoms. The topological polar surface area (TPSA) is 35.5 Å². The molecule has 1 saturated heterocycles. The first kappa shape index (κ1) is 16.1. The number of para-hydroxylation sites is 1. The number of aliphatic hydroxyl groups is 1. The Morgan fingerprint density at radius 3 is 2.48 bits per heavy atom. The number of benzene rings is 1. The Balaban J connectivity index is 1.89. The highest BCUT2D eigenvalue weighted by molar-refractivity contribution is 5.52. The Bertz CT molecular complexity index is 454. The van der Waals surface area contributed by atoms with Gasteiger partial charge in [-0.15, -0.1) is 0 Å². The van der Waals surface area contributed by atoms with Gasteiger partial charge in [-0.2, -0.15) is 13.2 Å². The minimum Gasteiger partial charge on any atom is -0.389 e. The lowest BCUT2D eigenvalue weighted by atomic mass is 10.0. The Labute approximate surface area is 122 Å². The molecule has 0 bridgehead atoms. The van der Waals surface area contributed by atoms with E-state index in [1.54, 1.807) is 6.92 Å². The molecule has 1 unspecified atom stereocenters. The van der Waals surface area contributed by atoms with Gasteiger partial charge in [-0.25, -0.2) is 0 Å². The van der Waals surface area contributed by atoms with E-state index in [9.17, 15) is 18.3 Å². The van der Waals surface area contributed by atoms with E-state index in [-0.39, 0.29) is 6.04 Å². The molecule has 2 N–H and O–H groups in total. The van der Waals surface area contributed by atoms with E-state index >= 15 is 0 Å². The molecule has 1 atom stereocenters. The van der Waals surface area contributed by atoms with Crippen molar-refractivity contribution in [2.45, 2.75) is 38.1 Å². The van der Waals surface area contributed by atoms with Gasteiger partial charge >= 0.3 is 6.18 Å². The summed E-state index contributed by atoms with van der Waals surface area (Å²) in [4.78, 5) is 1.44. The average molecular weight is 302 g/mol. The minimum absolute atomic E-state index is 0.148. The van der Waals surface area contributed by atoms with Gasteiger partial charge in [0, 0.05) is 30.4 Å². The van der Waals surface area contributed by atoms with Crippen LogP contribution in [-0.4, -0.2) is 41.9 Å². The predicted octanol–water partition coefficient (Wildman–Crippen LogP) is 3.18. The molecule has 2 rings (SSSR count). The molecular weight excluding hydrogens is 281 g/mol. The van der Waals surface area contributed by atoms with E-state index in [0.29, 0.717) is 25.9 Å². The maximum atomic E-state index is 12.3. The summed E-state index contributed by atoms with van der Waals surface area (Å²) in [5.74, 6) is 0. The number of likely N-dealkylation sites (tertiary alicyclic amines) is 1. The molecule has 0 aromatic heterocycles. The smallest absolute Gasteiger partial charge is 0.389 e. The first-order valence-electron chi connectivity index (χ1n) is 7.18. The van der Waals surface area contributed by atoms with Crippen molar-refractivity contribution in [2.24, 2.45) is 0 Å². The van der Waals surface area contributed by atoms with Gasteiger partial charge in [0.05, 0.1) is 12.6 Å². The van der Waals surface area contributed by atoms with Crippen molar-refractivity contribution in [2.75, 3.05) is 25.0 Å². The third kappa shape index (κ3) is 4.89. The fourth-order valence-corrected chi connectivity index (χ4v) is 2.70. The zero-order valence-electron chi connectivity index (χ0n) is 12.0. The lowest BCUT2D eigenvalue weighted by molar-refractivity contribution is -0.147. The number of halogens is 3. The molecule has 3 nitrogen and oxygen atoms in total. The van der Waals surface area contributed by atoms with Crippen LogP contribution in [0.4, 0.5) is 18.9 Å². The molecule has 0 aliphatic carbocycles. The summed E-state index contributed by atoms with van der Waals surface area (Å²) in [6, 6.07) is 7.64. The van der Waals surface area contributed by atoms with Gasteiger partial charge in [-0.3, -0.25) is 4.90 Å². The van der Waals surface area contributed by atoms with Crippen molar-refractivity contribution in [3.05, 3.63) is 29.8 Å². The maximum absolute atomic E-state index is 12.3. The van der Waals surface area contributed by atoms with Crippen LogP contribution < -0.4 is 5.32 Å². The van der Waals surface area contributed by atoms with E-state index in [0.717, 1.165) is 11.3 Å². The SMILES string of the molecule is CC(O)c1ccccc1NC1CCN(CC(F)(F)F)CC1. The van der Waals surface area contributed by atoms with Gasteiger partial charge in [-0.05, 0) is 25.8 Å². The van der Waals surface area contributed by atoms with Crippen molar-refractivity contribution < 1.29 is 18.3 Å². The average Bonchev–Trinajstić information content (AvgIpc) is 2.40. The number of anilines is 1. The normalized spacial score (nSPS) is 19.5. The molecule has 0 amide bonds. The van der Waals surface area contributed by atoms with Crippen LogP contribution >= 0.6 is 0 Å². The third-order valence-corrected chi connectivity index (χ3v) is 3.76. The van der Waals surface area contributed by atoms with Gasteiger partial charge in [0.1, 0.15) is 0 Å². The van der Waals surface area contributed by atoms with Crippen LogP contribution in [0.2, 0.25) is 0 Å². The van der Waals surface area contributed by atoms with Crippen molar-refractivity contribution >= 4 is 5.69 Å². The van der Waals surface area contributed by atoms with Crippen molar-refractivity contribution in [1.29, 1.82) is 0 Å². The highest BCUT2D eigenvalue weighted by Crippen LogP contribution is 2.26. The molecule has 1 aliphatic rings. The van der Waals surface area contributed by atoms with E-state index in [1.807, 2.05) is 24.3 Å². The van der Waals surface area contributed by atoms with Gasteiger partial charge in [0.2, 0.25) is 0 Å². The summed E-state index contributed by atoms with van der Waals surface area (Å²) in [6.45, 7) is 1.75. The van der Waals surface area contributed by atoms with Crippen LogP contribution in [0, 0.1) is 0 Å². The van der Waals surface area contributed by atoms with E-state index < -0.39 is 18.8 Å². The second-order valence-corrected chi connectivity index (χ2v) is 5.57. The summed E-state index contributed by atoms with van der Waals surface area (Å²) >= 11 is 0. The summed E-state index contributed by atoms with van der Waals surface area (Å²) in [6.07, 6.45) is -3.35. The number of hydrogen-bond acceptors (Lipinski definition) is 3. The third-order valence-electron chi connectivity index (χ3n) is 3.76. The number of rotatable bonds is 4. The summed E-state index contributed by atoms with van der Waals surface area (Å²) in [7, 11) is 0. The molecular formula is C15H21F3N2O. The lowest BCUT2D eigenvalue weighted by Crippen LogP contribution is -2.43. The fourth-order valence-electron chi connectivity index (χ4n) is 2.70. The van der Waals surface area contributed by atoms with Gasteiger partial charge in [-0.1, -0.05) is 18.2 Å². The molecule has 21 heavy (non-hydrogen) atoms. The number of nitrogens with one attached hydrogen (secondary N) is 1. The second kappa shape index (κ2) is 6.66. The number of nitrogens with zero attached hydrogens (tertiary/aromatic N) is 1. The van der Waals surface area contributed by atoms with Crippen molar-refractivity contribution in [3.8, 4) is 0 Å².